The molecule has 2 aliphatic carbocycles. The first kappa shape index (κ1) is 17.0. The summed E-state index contributed by atoms with van der Waals surface area (Å²) in [6, 6.07) is 7.03. The van der Waals surface area contributed by atoms with Gasteiger partial charge in [-0.2, -0.15) is 0 Å². The Bertz CT molecular complexity index is 818. The van der Waals surface area contributed by atoms with Gasteiger partial charge in [-0.15, -0.1) is 11.6 Å². The predicted molar refractivity (Wildman–Crippen MR) is 110 cm³/mol. The number of aryl methyl sites for hydroxylation is 2. The Morgan fingerprint density at radius 2 is 2.00 bits per heavy atom. The lowest BCUT2D eigenvalue weighted by molar-refractivity contribution is 0.444. The number of hydrogen-bond acceptors (Lipinski definition) is 0. The van der Waals surface area contributed by atoms with Crippen LogP contribution in [0.1, 0.15) is 67.7 Å². The third-order valence-corrected chi connectivity index (χ3v) is 6.13. The van der Waals surface area contributed by atoms with Gasteiger partial charge < -0.3 is 4.57 Å². The first-order valence-electron chi connectivity index (χ1n) is 9.84. The van der Waals surface area contributed by atoms with E-state index in [-0.39, 0.29) is 0 Å². The van der Waals surface area contributed by atoms with Crippen molar-refractivity contribution in [3.05, 3.63) is 53.2 Å². The molecule has 0 atom stereocenters. The molecule has 2 aromatic rings. The number of benzene rings is 1. The molecule has 1 heterocycles. The van der Waals surface area contributed by atoms with Crippen LogP contribution in [0.4, 0.5) is 0 Å². The van der Waals surface area contributed by atoms with Crippen molar-refractivity contribution < 1.29 is 0 Å². The Labute approximate surface area is 156 Å². The quantitative estimate of drug-likeness (QED) is 0.511. The summed E-state index contributed by atoms with van der Waals surface area (Å²) in [6.07, 6.45) is 15.8. The van der Waals surface area contributed by atoms with Gasteiger partial charge in [-0.25, -0.2) is 0 Å². The Kier molecular flexibility index (Phi) is 5.03. The Balaban J connectivity index is 1.94. The maximum absolute atomic E-state index is 6.06. The van der Waals surface area contributed by atoms with Crippen LogP contribution in [0.3, 0.4) is 0 Å². The SMILES string of the molecule is Cc1ccc2c(C3CCCCC3)c(C3=CC=CC3)n(CCCCl)c2c1. The monoisotopic (exact) mass is 353 g/mol. The summed E-state index contributed by atoms with van der Waals surface area (Å²) in [7, 11) is 0. The molecule has 1 saturated carbocycles. The Morgan fingerprint density at radius 3 is 2.72 bits per heavy atom. The van der Waals surface area contributed by atoms with Crippen LogP contribution >= 0.6 is 11.6 Å². The second-order valence-electron chi connectivity index (χ2n) is 7.64. The molecule has 2 aliphatic rings. The lowest BCUT2D eigenvalue weighted by Gasteiger charge is -2.24. The highest BCUT2D eigenvalue weighted by Crippen LogP contribution is 2.44. The molecule has 1 aromatic carbocycles. The lowest BCUT2D eigenvalue weighted by atomic mass is 9.81. The number of nitrogens with zero attached hydrogens (tertiary/aromatic N) is 1. The molecule has 1 nitrogen and oxygen atoms in total. The second kappa shape index (κ2) is 7.41. The average molecular weight is 354 g/mol. The molecule has 0 unspecified atom stereocenters. The van der Waals surface area contributed by atoms with Crippen molar-refractivity contribution in [1.82, 2.24) is 4.57 Å². The smallest absolute Gasteiger partial charge is 0.0490 e. The summed E-state index contributed by atoms with van der Waals surface area (Å²) >= 11 is 6.06. The zero-order valence-electron chi connectivity index (χ0n) is 15.2. The van der Waals surface area contributed by atoms with Crippen LogP contribution in [0, 0.1) is 6.92 Å². The molecule has 132 valence electrons. The standard InChI is InChI=1S/C23H28ClN/c1-17-12-13-20-21(16-17)25(15-7-14-24)23(19-10-5-6-11-19)22(20)18-8-3-2-4-9-18/h5-6,10,12-13,16,18H,2-4,7-9,11,14-15H2,1H3. The van der Waals surface area contributed by atoms with Gasteiger partial charge in [0, 0.05) is 29.0 Å². The Morgan fingerprint density at radius 1 is 1.16 bits per heavy atom. The van der Waals surface area contributed by atoms with E-state index in [1.54, 1.807) is 5.56 Å². The molecule has 0 aliphatic heterocycles. The predicted octanol–water partition coefficient (Wildman–Crippen LogP) is 6.97. The lowest BCUT2D eigenvalue weighted by Crippen LogP contribution is -2.09. The minimum atomic E-state index is 0.715. The van der Waals surface area contributed by atoms with Gasteiger partial charge in [-0.05, 0) is 61.3 Å². The number of halogens is 1. The molecule has 1 aromatic heterocycles. The van der Waals surface area contributed by atoms with Gasteiger partial charge in [-0.1, -0.05) is 49.6 Å². The molecule has 25 heavy (non-hydrogen) atoms. The summed E-state index contributed by atoms with van der Waals surface area (Å²) in [5, 5.41) is 1.48. The minimum absolute atomic E-state index is 0.715. The first-order valence-corrected chi connectivity index (χ1v) is 10.4. The molecule has 1 fully saturated rings. The fourth-order valence-electron chi connectivity index (χ4n) is 4.71. The second-order valence-corrected chi connectivity index (χ2v) is 8.01. The van der Waals surface area contributed by atoms with E-state index in [4.69, 9.17) is 11.6 Å². The van der Waals surface area contributed by atoms with Crippen LogP contribution in [0.25, 0.3) is 16.5 Å². The van der Waals surface area contributed by atoms with Crippen LogP contribution in [0.15, 0.2) is 36.4 Å². The van der Waals surface area contributed by atoms with Crippen LogP contribution in [0.5, 0.6) is 0 Å². The van der Waals surface area contributed by atoms with E-state index in [0.717, 1.165) is 25.3 Å². The van der Waals surface area contributed by atoms with Crippen molar-refractivity contribution in [3.8, 4) is 0 Å². The molecule has 0 bridgehead atoms. The highest BCUT2D eigenvalue weighted by atomic mass is 35.5. The van der Waals surface area contributed by atoms with Crippen LogP contribution in [-0.4, -0.2) is 10.4 Å². The van der Waals surface area contributed by atoms with Gasteiger partial charge in [0.25, 0.3) is 0 Å². The topological polar surface area (TPSA) is 4.93 Å². The molecule has 0 spiro atoms. The van der Waals surface area contributed by atoms with Crippen LogP contribution < -0.4 is 0 Å². The van der Waals surface area contributed by atoms with Crippen molar-refractivity contribution in [2.75, 3.05) is 5.88 Å². The number of rotatable bonds is 5. The fourth-order valence-corrected chi connectivity index (χ4v) is 4.83. The molecule has 0 N–H and O–H groups in total. The van der Waals surface area contributed by atoms with Crippen molar-refractivity contribution >= 4 is 28.1 Å². The molecule has 0 saturated heterocycles. The van der Waals surface area contributed by atoms with Crippen molar-refractivity contribution in [1.29, 1.82) is 0 Å². The number of allylic oxidation sites excluding steroid dienone is 4. The molecular weight excluding hydrogens is 326 g/mol. The van der Waals surface area contributed by atoms with Gasteiger partial charge >= 0.3 is 0 Å². The van der Waals surface area contributed by atoms with Crippen molar-refractivity contribution in [2.45, 2.75) is 64.3 Å². The number of aromatic nitrogens is 1. The summed E-state index contributed by atoms with van der Waals surface area (Å²) in [5.41, 5.74) is 7.37. The van der Waals surface area contributed by atoms with E-state index in [2.05, 4.69) is 47.9 Å². The van der Waals surface area contributed by atoms with Crippen LogP contribution in [0.2, 0.25) is 0 Å². The zero-order chi connectivity index (χ0) is 17.2. The third-order valence-electron chi connectivity index (χ3n) is 5.86. The maximum atomic E-state index is 6.06. The van der Waals surface area contributed by atoms with Gasteiger partial charge in [0.05, 0.1) is 0 Å². The summed E-state index contributed by atoms with van der Waals surface area (Å²) in [6.45, 7) is 3.22. The van der Waals surface area contributed by atoms with Gasteiger partial charge in [0.2, 0.25) is 0 Å². The highest BCUT2D eigenvalue weighted by Gasteiger charge is 2.27. The van der Waals surface area contributed by atoms with E-state index in [1.807, 2.05) is 0 Å². The summed E-state index contributed by atoms with van der Waals surface area (Å²) in [4.78, 5) is 0. The molecule has 2 heteroatoms. The molecule has 0 radical (unpaired) electrons. The molecule has 4 rings (SSSR count). The van der Waals surface area contributed by atoms with Crippen LogP contribution in [-0.2, 0) is 6.54 Å². The van der Waals surface area contributed by atoms with Gasteiger partial charge in [0.15, 0.2) is 0 Å². The van der Waals surface area contributed by atoms with Crippen molar-refractivity contribution in [3.63, 3.8) is 0 Å². The number of alkyl halides is 1. The highest BCUT2D eigenvalue weighted by molar-refractivity contribution is 6.17. The van der Waals surface area contributed by atoms with E-state index < -0.39 is 0 Å². The van der Waals surface area contributed by atoms with E-state index in [9.17, 15) is 0 Å². The van der Waals surface area contributed by atoms with E-state index >= 15 is 0 Å². The van der Waals surface area contributed by atoms with Gasteiger partial charge in [-0.3, -0.25) is 0 Å². The molecular formula is C23H28ClN. The van der Waals surface area contributed by atoms with E-state index in [0.29, 0.717) is 5.92 Å². The summed E-state index contributed by atoms with van der Waals surface area (Å²) < 4.78 is 2.58. The number of fused-ring (bicyclic) bond motifs is 1. The Hall–Kier alpha value is -1.47. The maximum Gasteiger partial charge on any atom is 0.0490 e. The van der Waals surface area contributed by atoms with Gasteiger partial charge in [0.1, 0.15) is 0 Å². The fraction of sp³-hybridized carbons (Fsp3) is 0.478. The number of hydrogen-bond donors (Lipinski definition) is 0. The third kappa shape index (κ3) is 3.19. The zero-order valence-corrected chi connectivity index (χ0v) is 16.0. The normalized spacial score (nSPS) is 18.2. The van der Waals surface area contributed by atoms with Crippen molar-refractivity contribution in [2.24, 2.45) is 0 Å². The molecule has 0 amide bonds. The average Bonchev–Trinajstić information content (AvgIpc) is 3.26. The summed E-state index contributed by atoms with van der Waals surface area (Å²) in [5.74, 6) is 1.44. The van der Waals surface area contributed by atoms with E-state index in [1.165, 1.54) is 59.8 Å². The minimum Gasteiger partial charge on any atom is -0.340 e. The largest absolute Gasteiger partial charge is 0.340 e. The first-order chi connectivity index (χ1) is 12.3.